The monoisotopic (exact) mass is 395 g/mol. The SMILES string of the molecule is CN=C(NCc1cc2c(cc1OC)CC(C)O2)N1CCS(=O)(=O)C(C)(C)C1. The first-order chi connectivity index (χ1) is 12.7. The van der Waals surface area contributed by atoms with Gasteiger partial charge in [0.2, 0.25) is 0 Å². The summed E-state index contributed by atoms with van der Waals surface area (Å²) in [5, 5.41) is 3.34. The molecule has 1 unspecified atom stereocenters. The van der Waals surface area contributed by atoms with Gasteiger partial charge in [-0.1, -0.05) is 0 Å². The van der Waals surface area contributed by atoms with Crippen LogP contribution < -0.4 is 14.8 Å². The minimum Gasteiger partial charge on any atom is -0.496 e. The van der Waals surface area contributed by atoms with Crippen LogP contribution in [0.25, 0.3) is 0 Å². The molecule has 0 aliphatic carbocycles. The number of fused-ring (bicyclic) bond motifs is 1. The molecule has 1 aromatic carbocycles. The quantitative estimate of drug-likeness (QED) is 0.619. The highest BCUT2D eigenvalue weighted by molar-refractivity contribution is 7.92. The van der Waals surface area contributed by atoms with Crippen LogP contribution in [-0.4, -0.2) is 63.1 Å². The summed E-state index contributed by atoms with van der Waals surface area (Å²) in [6.45, 7) is 6.96. The number of sulfone groups is 1. The first-order valence-electron chi connectivity index (χ1n) is 9.21. The van der Waals surface area contributed by atoms with Crippen molar-refractivity contribution in [3.63, 3.8) is 0 Å². The van der Waals surface area contributed by atoms with Crippen molar-refractivity contribution in [3.05, 3.63) is 23.3 Å². The van der Waals surface area contributed by atoms with Crippen LogP contribution in [-0.2, 0) is 22.8 Å². The molecule has 3 rings (SSSR count). The Hall–Kier alpha value is -1.96. The number of guanidine groups is 1. The summed E-state index contributed by atoms with van der Waals surface area (Å²) in [5.41, 5.74) is 2.14. The number of hydrogen-bond donors (Lipinski definition) is 1. The van der Waals surface area contributed by atoms with Gasteiger partial charge in [0.25, 0.3) is 0 Å². The summed E-state index contributed by atoms with van der Waals surface area (Å²) in [4.78, 5) is 6.34. The van der Waals surface area contributed by atoms with E-state index in [1.165, 1.54) is 0 Å². The zero-order valence-corrected chi connectivity index (χ0v) is 17.5. The van der Waals surface area contributed by atoms with Gasteiger partial charge in [-0.05, 0) is 32.9 Å². The zero-order chi connectivity index (χ0) is 19.8. The van der Waals surface area contributed by atoms with E-state index in [-0.39, 0.29) is 11.9 Å². The smallest absolute Gasteiger partial charge is 0.193 e. The van der Waals surface area contributed by atoms with Gasteiger partial charge in [0, 0.05) is 44.2 Å². The van der Waals surface area contributed by atoms with E-state index in [2.05, 4.69) is 17.2 Å². The van der Waals surface area contributed by atoms with Crippen molar-refractivity contribution in [1.29, 1.82) is 0 Å². The first-order valence-corrected chi connectivity index (χ1v) is 10.9. The van der Waals surface area contributed by atoms with Crippen LogP contribution in [0.5, 0.6) is 11.5 Å². The van der Waals surface area contributed by atoms with Crippen LogP contribution in [0.2, 0.25) is 0 Å². The molecule has 0 amide bonds. The van der Waals surface area contributed by atoms with Gasteiger partial charge in [0.15, 0.2) is 15.8 Å². The molecule has 1 atom stereocenters. The van der Waals surface area contributed by atoms with Crippen LogP contribution in [0.1, 0.15) is 31.9 Å². The van der Waals surface area contributed by atoms with E-state index in [1.54, 1.807) is 28.0 Å². The van der Waals surface area contributed by atoms with Gasteiger partial charge >= 0.3 is 0 Å². The van der Waals surface area contributed by atoms with Gasteiger partial charge < -0.3 is 19.7 Å². The molecule has 2 aliphatic rings. The Kier molecular flexibility index (Phi) is 5.29. The zero-order valence-electron chi connectivity index (χ0n) is 16.7. The topological polar surface area (TPSA) is 80.2 Å². The fourth-order valence-corrected chi connectivity index (χ4v) is 5.01. The maximum absolute atomic E-state index is 12.2. The summed E-state index contributed by atoms with van der Waals surface area (Å²) in [5.74, 6) is 2.54. The summed E-state index contributed by atoms with van der Waals surface area (Å²) < 4.78 is 35.1. The third-order valence-electron chi connectivity index (χ3n) is 5.29. The van der Waals surface area contributed by atoms with Gasteiger partial charge in [-0.15, -0.1) is 0 Å². The second-order valence-electron chi connectivity index (χ2n) is 7.81. The molecule has 1 fully saturated rings. The van der Waals surface area contributed by atoms with Gasteiger partial charge in [-0.3, -0.25) is 4.99 Å². The maximum atomic E-state index is 12.2. The van der Waals surface area contributed by atoms with Crippen LogP contribution in [0, 0.1) is 0 Å². The van der Waals surface area contributed by atoms with Crippen molar-refractivity contribution in [2.75, 3.05) is 33.0 Å². The molecular formula is C19H29N3O4S. The molecular weight excluding hydrogens is 366 g/mol. The van der Waals surface area contributed by atoms with E-state index in [9.17, 15) is 8.42 Å². The van der Waals surface area contributed by atoms with Gasteiger partial charge in [0.1, 0.15) is 17.6 Å². The number of methoxy groups -OCH3 is 1. The van der Waals surface area contributed by atoms with Crippen molar-refractivity contribution >= 4 is 15.8 Å². The number of ether oxygens (including phenoxy) is 2. The second kappa shape index (κ2) is 7.22. The molecule has 8 heteroatoms. The van der Waals surface area contributed by atoms with Crippen molar-refractivity contribution in [1.82, 2.24) is 10.2 Å². The van der Waals surface area contributed by atoms with Gasteiger partial charge in [-0.2, -0.15) is 0 Å². The predicted molar refractivity (Wildman–Crippen MR) is 106 cm³/mol. The lowest BCUT2D eigenvalue weighted by Gasteiger charge is -2.39. The van der Waals surface area contributed by atoms with Crippen molar-refractivity contribution in [3.8, 4) is 11.5 Å². The molecule has 0 saturated carbocycles. The fourth-order valence-electron chi connectivity index (χ4n) is 3.64. The third kappa shape index (κ3) is 3.85. The molecule has 1 saturated heterocycles. The molecule has 0 spiro atoms. The average Bonchev–Trinajstić information content (AvgIpc) is 2.96. The number of nitrogens with zero attached hydrogens (tertiary/aromatic N) is 2. The van der Waals surface area contributed by atoms with E-state index in [4.69, 9.17) is 9.47 Å². The largest absolute Gasteiger partial charge is 0.496 e. The Bertz CT molecular complexity index is 849. The van der Waals surface area contributed by atoms with Crippen LogP contribution in [0.4, 0.5) is 0 Å². The molecule has 0 radical (unpaired) electrons. The standard InChI is InChI=1S/C19H29N3O4S/c1-13-8-14-9-16(25-5)15(10-17(14)26-13)11-21-18(20-4)22-6-7-27(23,24)19(2,3)12-22/h9-10,13H,6-8,11-12H2,1-5H3,(H,20,21). The summed E-state index contributed by atoms with van der Waals surface area (Å²) in [6, 6.07) is 4.05. The van der Waals surface area contributed by atoms with Crippen LogP contribution in [0.15, 0.2) is 17.1 Å². The summed E-state index contributed by atoms with van der Waals surface area (Å²) in [6.07, 6.45) is 1.07. The lowest BCUT2D eigenvalue weighted by molar-refractivity contribution is 0.254. The minimum atomic E-state index is -3.09. The molecule has 7 nitrogen and oxygen atoms in total. The highest BCUT2D eigenvalue weighted by Crippen LogP contribution is 2.35. The number of hydrogen-bond acceptors (Lipinski definition) is 5. The van der Waals surface area contributed by atoms with Gasteiger partial charge in [-0.25, -0.2) is 8.42 Å². The number of aliphatic imine (C=N–C) groups is 1. The Morgan fingerprint density at radius 3 is 2.81 bits per heavy atom. The molecule has 2 aliphatic heterocycles. The van der Waals surface area contributed by atoms with E-state index < -0.39 is 14.6 Å². The molecule has 0 bridgehead atoms. The molecule has 1 N–H and O–H groups in total. The Morgan fingerprint density at radius 1 is 1.44 bits per heavy atom. The Balaban J connectivity index is 1.73. The van der Waals surface area contributed by atoms with E-state index in [0.717, 1.165) is 29.0 Å². The predicted octanol–water partition coefficient (Wildman–Crippen LogP) is 1.60. The molecule has 0 aromatic heterocycles. The first kappa shape index (κ1) is 19.8. The maximum Gasteiger partial charge on any atom is 0.193 e. The van der Waals surface area contributed by atoms with E-state index in [0.29, 0.717) is 25.6 Å². The molecule has 150 valence electrons. The van der Waals surface area contributed by atoms with Gasteiger partial charge in [0.05, 0.1) is 17.6 Å². The second-order valence-corrected chi connectivity index (χ2v) is 10.5. The average molecular weight is 396 g/mol. The highest BCUT2D eigenvalue weighted by Gasteiger charge is 2.41. The summed E-state index contributed by atoms with van der Waals surface area (Å²) in [7, 11) is 0.289. The minimum absolute atomic E-state index is 0.134. The van der Waals surface area contributed by atoms with E-state index >= 15 is 0 Å². The normalized spacial score (nSPS) is 23.5. The van der Waals surface area contributed by atoms with Crippen molar-refractivity contribution < 1.29 is 17.9 Å². The van der Waals surface area contributed by atoms with E-state index in [1.807, 2.05) is 17.0 Å². The summed E-state index contributed by atoms with van der Waals surface area (Å²) >= 11 is 0. The molecule has 2 heterocycles. The molecule has 27 heavy (non-hydrogen) atoms. The fraction of sp³-hybridized carbons (Fsp3) is 0.632. The third-order valence-corrected chi connectivity index (χ3v) is 7.82. The Labute approximate surface area is 161 Å². The molecule has 1 aromatic rings. The number of rotatable bonds is 3. The number of nitrogens with one attached hydrogen (secondary N) is 1. The van der Waals surface area contributed by atoms with Crippen LogP contribution in [0.3, 0.4) is 0 Å². The van der Waals surface area contributed by atoms with Crippen LogP contribution >= 0.6 is 0 Å². The highest BCUT2D eigenvalue weighted by atomic mass is 32.2. The van der Waals surface area contributed by atoms with Crippen molar-refractivity contribution in [2.45, 2.75) is 44.6 Å². The van der Waals surface area contributed by atoms with Crippen molar-refractivity contribution in [2.24, 2.45) is 4.99 Å². The Morgan fingerprint density at radius 2 is 2.19 bits per heavy atom. The lowest BCUT2D eigenvalue weighted by atomic mass is 10.1. The lowest BCUT2D eigenvalue weighted by Crippen LogP contribution is -2.57. The number of benzene rings is 1.